The Morgan fingerprint density at radius 3 is 1.94 bits per heavy atom. The normalized spacial score (nSPS) is 16.0. The van der Waals surface area contributed by atoms with Crippen molar-refractivity contribution in [3.05, 3.63) is 176 Å². The third-order valence-electron chi connectivity index (χ3n) is 8.47. The highest BCUT2D eigenvalue weighted by Crippen LogP contribution is 2.45. The van der Waals surface area contributed by atoms with Crippen molar-refractivity contribution < 1.29 is 29.4 Å². The van der Waals surface area contributed by atoms with Crippen LogP contribution in [0.3, 0.4) is 0 Å². The van der Waals surface area contributed by atoms with E-state index in [1.807, 2.05) is 36.4 Å². The van der Waals surface area contributed by atoms with Gasteiger partial charge in [0.1, 0.15) is 22.3 Å². The molecule has 3 heteroatoms. The molecule has 0 spiro atoms. The summed E-state index contributed by atoms with van der Waals surface area (Å²) in [6, 6.07) is 15.1. The minimum absolute atomic E-state index is 0.00116. The fraction of sp³-hybridized carbons (Fsp3) is 0. The summed E-state index contributed by atoms with van der Waals surface area (Å²) >= 11 is 0. The lowest BCUT2D eigenvalue weighted by Crippen LogP contribution is -2.10. The maximum Gasteiger partial charge on any atom is 0.143 e. The molecule has 230 valence electrons. The summed E-state index contributed by atoms with van der Waals surface area (Å²) in [4.78, 5) is 1.16. The Balaban J connectivity index is 1.30. The van der Waals surface area contributed by atoms with Crippen LogP contribution >= 0.6 is 0 Å². The Bertz CT molecular complexity index is 3640. The highest BCUT2D eigenvalue weighted by Gasteiger charge is 2.20. The number of para-hydroxylation sites is 1. The average Bonchev–Trinajstić information content (AvgIpc) is 3.90. The van der Waals surface area contributed by atoms with Gasteiger partial charge in [-0.25, -0.2) is 0 Å². The summed E-state index contributed by atoms with van der Waals surface area (Å²) in [5.41, 5.74) is -1.42. The Morgan fingerprint density at radius 2 is 1.12 bits per heavy atom. The first-order valence-corrected chi connectivity index (χ1v) is 15.4. The van der Waals surface area contributed by atoms with Crippen LogP contribution in [0.15, 0.2) is 184 Å². The second-order valence-electron chi connectivity index (χ2n) is 11.3. The van der Waals surface area contributed by atoms with E-state index in [1.54, 1.807) is 48.5 Å². The second kappa shape index (κ2) is 11.0. The van der Waals surface area contributed by atoms with Gasteiger partial charge < -0.3 is 13.7 Å². The van der Waals surface area contributed by atoms with Crippen molar-refractivity contribution in [1.82, 2.24) is 0 Å². The minimum atomic E-state index is -0.784. The second-order valence-corrected chi connectivity index (χ2v) is 11.3. The standard InChI is InChI=1S/C46H29NO2/c1-2-9-30(10-3-1)31-17-23-35(24-18-31)47(41-14-8-16-43-45(41)40-28-21-33-11-4-5-12-37(33)46(40)49-43)36-25-19-32(20-26-36)34-22-27-39-38-13-6-7-15-42(38)48-44(39)29-34/h1-29H/i6D,7D,13D,15D,17D,18D,19D,20D,22D,23D,24D,25D,26D,27D,29D. The average molecular weight is 643 g/mol. The molecule has 2 aromatic heterocycles. The summed E-state index contributed by atoms with van der Waals surface area (Å²) in [5, 5.41) is 2.13. The molecule has 0 aliphatic heterocycles. The Morgan fingerprint density at radius 1 is 0.429 bits per heavy atom. The molecule has 3 nitrogen and oxygen atoms in total. The molecule has 0 saturated carbocycles. The van der Waals surface area contributed by atoms with Gasteiger partial charge in [0.25, 0.3) is 0 Å². The Kier molecular flexibility index (Phi) is 3.70. The molecule has 0 aliphatic carbocycles. The fourth-order valence-electron chi connectivity index (χ4n) is 6.21. The summed E-state index contributed by atoms with van der Waals surface area (Å²) in [6.07, 6.45) is 0. The highest BCUT2D eigenvalue weighted by molar-refractivity contribution is 6.19. The molecule has 8 aromatic carbocycles. The first-order valence-electron chi connectivity index (χ1n) is 22.9. The molecule has 0 unspecified atom stereocenters. The molecular weight excluding hydrogens is 599 g/mol. The van der Waals surface area contributed by atoms with E-state index >= 15 is 0 Å². The van der Waals surface area contributed by atoms with Crippen molar-refractivity contribution in [3.63, 3.8) is 0 Å². The molecule has 0 bridgehead atoms. The van der Waals surface area contributed by atoms with E-state index < -0.39 is 119 Å². The lowest BCUT2D eigenvalue weighted by atomic mass is 10.0. The topological polar surface area (TPSA) is 29.5 Å². The van der Waals surface area contributed by atoms with E-state index in [-0.39, 0.29) is 27.6 Å². The summed E-state index contributed by atoms with van der Waals surface area (Å²) in [7, 11) is 0. The number of benzene rings is 8. The maximum absolute atomic E-state index is 9.61. The number of nitrogens with zero attached hydrogens (tertiary/aromatic N) is 1. The van der Waals surface area contributed by atoms with Gasteiger partial charge in [-0.3, -0.25) is 0 Å². The molecule has 0 aliphatic rings. The molecule has 10 rings (SSSR count). The van der Waals surface area contributed by atoms with Gasteiger partial charge in [0.05, 0.1) is 31.6 Å². The van der Waals surface area contributed by atoms with Crippen LogP contribution in [0.2, 0.25) is 0 Å². The van der Waals surface area contributed by atoms with Gasteiger partial charge in [-0.05, 0) is 88.1 Å². The van der Waals surface area contributed by atoms with Crippen molar-refractivity contribution in [2.45, 2.75) is 0 Å². The molecule has 0 saturated heterocycles. The van der Waals surface area contributed by atoms with Crippen LogP contribution in [0.25, 0.3) is 76.9 Å². The van der Waals surface area contributed by atoms with Gasteiger partial charge >= 0.3 is 0 Å². The summed E-state index contributed by atoms with van der Waals surface area (Å²) in [5.74, 6) is 0. The molecule has 0 N–H and O–H groups in total. The Hall–Kier alpha value is -6.58. The SMILES string of the molecule is [2H]c1c([2H])c(N(c2c([2H])c([2H])c(-c3c([2H])c([2H])c4c(oc5c([2H])c([2H])c([2H])c([2H])c54)c3[2H])c([2H])c2[2H])c2cccc3oc4c5ccccc5ccc4c23)c([2H])c([2H])c1-c1ccccc1. The van der Waals surface area contributed by atoms with Crippen molar-refractivity contribution in [1.29, 1.82) is 0 Å². The van der Waals surface area contributed by atoms with Crippen LogP contribution in [0, 0.1) is 0 Å². The lowest BCUT2D eigenvalue weighted by Gasteiger charge is -2.26. The fourth-order valence-corrected chi connectivity index (χ4v) is 6.21. The zero-order chi connectivity index (χ0) is 45.4. The summed E-state index contributed by atoms with van der Waals surface area (Å²) in [6.45, 7) is 0. The number of fused-ring (bicyclic) bond motifs is 8. The van der Waals surface area contributed by atoms with Crippen molar-refractivity contribution >= 4 is 71.7 Å². The first kappa shape index (κ1) is 16.5. The number of hydrogen-bond acceptors (Lipinski definition) is 3. The predicted molar refractivity (Wildman–Crippen MR) is 204 cm³/mol. The minimum Gasteiger partial charge on any atom is -0.456 e. The third kappa shape index (κ3) is 4.51. The monoisotopic (exact) mass is 642 g/mol. The zero-order valence-electron chi connectivity index (χ0n) is 40.3. The van der Waals surface area contributed by atoms with Crippen molar-refractivity contribution in [2.24, 2.45) is 0 Å². The van der Waals surface area contributed by atoms with E-state index in [9.17, 15) is 12.3 Å². The smallest absolute Gasteiger partial charge is 0.143 e. The van der Waals surface area contributed by atoms with Crippen LogP contribution < -0.4 is 4.90 Å². The number of rotatable bonds is 5. The van der Waals surface area contributed by atoms with E-state index in [0.717, 1.165) is 15.7 Å². The molecule has 0 fully saturated rings. The van der Waals surface area contributed by atoms with Crippen molar-refractivity contribution in [2.75, 3.05) is 4.90 Å². The lowest BCUT2D eigenvalue weighted by molar-refractivity contribution is 0.669. The largest absolute Gasteiger partial charge is 0.456 e. The number of anilines is 3. The van der Waals surface area contributed by atoms with E-state index in [4.69, 9.17) is 17.1 Å². The molecule has 49 heavy (non-hydrogen) atoms. The predicted octanol–water partition coefficient (Wildman–Crippen LogP) is 13.4. The van der Waals surface area contributed by atoms with E-state index in [1.165, 1.54) is 0 Å². The van der Waals surface area contributed by atoms with Crippen LogP contribution in [0.4, 0.5) is 17.1 Å². The molecule has 0 amide bonds. The molecule has 10 aromatic rings. The van der Waals surface area contributed by atoms with Crippen LogP contribution in [-0.2, 0) is 0 Å². The van der Waals surface area contributed by atoms with Gasteiger partial charge in [0.2, 0.25) is 0 Å². The van der Waals surface area contributed by atoms with Gasteiger partial charge in [-0.15, -0.1) is 0 Å². The number of furan rings is 2. The highest BCUT2D eigenvalue weighted by atomic mass is 16.3. The molecule has 0 atom stereocenters. The maximum atomic E-state index is 9.61. The number of hydrogen-bond donors (Lipinski definition) is 0. The summed E-state index contributed by atoms with van der Waals surface area (Å²) < 4.78 is 148. The van der Waals surface area contributed by atoms with Gasteiger partial charge in [0, 0.05) is 32.9 Å². The molecular formula is C46H29NO2. The van der Waals surface area contributed by atoms with Gasteiger partial charge in [0.15, 0.2) is 0 Å². The van der Waals surface area contributed by atoms with Crippen LogP contribution in [0.1, 0.15) is 20.6 Å². The zero-order valence-corrected chi connectivity index (χ0v) is 25.3. The van der Waals surface area contributed by atoms with E-state index in [2.05, 4.69) is 0 Å². The Labute approximate surface area is 303 Å². The van der Waals surface area contributed by atoms with E-state index in [0.29, 0.717) is 27.5 Å². The van der Waals surface area contributed by atoms with Crippen LogP contribution in [-0.4, -0.2) is 0 Å². The van der Waals surface area contributed by atoms with Gasteiger partial charge in [-0.1, -0.05) is 115 Å². The van der Waals surface area contributed by atoms with Gasteiger partial charge in [-0.2, -0.15) is 0 Å². The molecule has 0 radical (unpaired) electrons. The quantitative estimate of drug-likeness (QED) is 0.187. The third-order valence-corrected chi connectivity index (χ3v) is 8.47. The van der Waals surface area contributed by atoms with Crippen LogP contribution in [0.5, 0.6) is 0 Å². The first-order chi connectivity index (χ1) is 30.6. The molecule has 2 heterocycles. The van der Waals surface area contributed by atoms with Crippen molar-refractivity contribution in [3.8, 4) is 22.3 Å².